The zero-order valence-corrected chi connectivity index (χ0v) is 10.6. The van der Waals surface area contributed by atoms with Crippen molar-refractivity contribution in [1.82, 2.24) is 0 Å². The van der Waals surface area contributed by atoms with Crippen LogP contribution in [0.25, 0.3) is 11.0 Å². The summed E-state index contributed by atoms with van der Waals surface area (Å²) >= 11 is 0. The second-order valence-corrected chi connectivity index (χ2v) is 6.57. The van der Waals surface area contributed by atoms with E-state index in [-0.39, 0.29) is 5.75 Å². The average Bonchev–Trinajstić information content (AvgIpc) is 2.57. The molecule has 0 spiro atoms. The van der Waals surface area contributed by atoms with E-state index < -0.39 is 15.9 Å². The molecule has 1 aromatic heterocycles. The Morgan fingerprint density at radius 3 is 2.71 bits per heavy atom. The number of furan rings is 1. The summed E-state index contributed by atoms with van der Waals surface area (Å²) in [5, 5.41) is 0.948. The molecule has 1 atom stereocenters. The molecule has 2 aromatic rings. The molecule has 0 amide bonds. The average molecular weight is 253 g/mol. The maximum absolute atomic E-state index is 11.2. The molecule has 5 heteroatoms. The van der Waals surface area contributed by atoms with E-state index in [9.17, 15) is 8.42 Å². The lowest BCUT2D eigenvalue weighted by Crippen LogP contribution is -2.20. The minimum absolute atomic E-state index is 0.105. The first-order chi connectivity index (χ1) is 7.85. The molecule has 0 aliphatic rings. The van der Waals surface area contributed by atoms with Crippen LogP contribution in [0.3, 0.4) is 0 Å². The fourth-order valence-electron chi connectivity index (χ4n) is 1.77. The standard InChI is InChI=1S/C12H15NO3S/c1-8-3-4-11-9(5-8)6-12(16-11)10(13)7-17(2,14)15/h3-6,10H,7,13H2,1-2H3. The first-order valence-corrected chi connectivity index (χ1v) is 7.34. The summed E-state index contributed by atoms with van der Waals surface area (Å²) in [5.41, 5.74) is 7.67. The van der Waals surface area contributed by atoms with E-state index in [1.165, 1.54) is 6.26 Å². The maximum atomic E-state index is 11.2. The fourth-order valence-corrected chi connectivity index (χ4v) is 2.59. The Labute approximate surface area is 100 Å². The molecule has 0 saturated heterocycles. The minimum Gasteiger partial charge on any atom is -0.459 e. The molecular formula is C12H15NO3S. The smallest absolute Gasteiger partial charge is 0.149 e. The molecule has 0 aliphatic heterocycles. The number of hydrogen-bond acceptors (Lipinski definition) is 4. The Hall–Kier alpha value is -1.33. The van der Waals surface area contributed by atoms with E-state index in [1.807, 2.05) is 25.1 Å². The summed E-state index contributed by atoms with van der Waals surface area (Å²) in [7, 11) is -3.10. The number of nitrogens with two attached hydrogens (primary N) is 1. The van der Waals surface area contributed by atoms with Gasteiger partial charge in [-0.3, -0.25) is 0 Å². The minimum atomic E-state index is -3.10. The van der Waals surface area contributed by atoms with Gasteiger partial charge in [0.05, 0.1) is 11.8 Å². The SMILES string of the molecule is Cc1ccc2oc(C(N)CS(C)(=O)=O)cc2c1. The van der Waals surface area contributed by atoms with Crippen molar-refractivity contribution in [2.75, 3.05) is 12.0 Å². The summed E-state index contributed by atoms with van der Waals surface area (Å²) in [6.07, 6.45) is 1.17. The van der Waals surface area contributed by atoms with Crippen LogP contribution in [0.1, 0.15) is 17.4 Å². The predicted molar refractivity (Wildman–Crippen MR) is 67.6 cm³/mol. The van der Waals surface area contributed by atoms with Crippen molar-refractivity contribution in [3.63, 3.8) is 0 Å². The molecule has 0 saturated carbocycles. The molecule has 1 heterocycles. The van der Waals surface area contributed by atoms with Crippen molar-refractivity contribution in [3.05, 3.63) is 35.6 Å². The van der Waals surface area contributed by atoms with Crippen LogP contribution >= 0.6 is 0 Å². The van der Waals surface area contributed by atoms with Crippen LogP contribution in [0.15, 0.2) is 28.7 Å². The second kappa shape index (κ2) is 4.16. The third kappa shape index (κ3) is 2.87. The van der Waals surface area contributed by atoms with E-state index >= 15 is 0 Å². The Balaban J connectivity index is 2.36. The maximum Gasteiger partial charge on any atom is 0.149 e. The van der Waals surface area contributed by atoms with Crippen LogP contribution < -0.4 is 5.73 Å². The quantitative estimate of drug-likeness (QED) is 0.905. The largest absolute Gasteiger partial charge is 0.459 e. The van der Waals surface area contributed by atoms with E-state index in [0.29, 0.717) is 5.76 Å². The zero-order valence-electron chi connectivity index (χ0n) is 9.80. The Bertz CT molecular complexity index is 643. The lowest BCUT2D eigenvalue weighted by Gasteiger charge is -2.05. The van der Waals surface area contributed by atoms with Crippen LogP contribution in [0.4, 0.5) is 0 Å². The molecule has 0 aliphatic carbocycles. The van der Waals surface area contributed by atoms with Crippen molar-refractivity contribution in [2.24, 2.45) is 5.73 Å². The monoisotopic (exact) mass is 253 g/mol. The van der Waals surface area contributed by atoms with Crippen molar-refractivity contribution in [2.45, 2.75) is 13.0 Å². The lowest BCUT2D eigenvalue weighted by atomic mass is 10.2. The van der Waals surface area contributed by atoms with Gasteiger partial charge in [-0.15, -0.1) is 0 Å². The summed E-state index contributed by atoms with van der Waals surface area (Å²) in [5.74, 6) is 0.405. The van der Waals surface area contributed by atoms with Crippen LogP contribution in [-0.4, -0.2) is 20.4 Å². The summed E-state index contributed by atoms with van der Waals surface area (Å²) < 4.78 is 27.9. The van der Waals surface area contributed by atoms with Gasteiger partial charge in [0.15, 0.2) is 0 Å². The first-order valence-electron chi connectivity index (χ1n) is 5.28. The van der Waals surface area contributed by atoms with Gasteiger partial charge in [-0.1, -0.05) is 11.6 Å². The van der Waals surface area contributed by atoms with Crippen LogP contribution in [0, 0.1) is 6.92 Å². The predicted octanol–water partition coefficient (Wildman–Crippen LogP) is 1.79. The highest BCUT2D eigenvalue weighted by atomic mass is 32.2. The molecule has 1 unspecified atom stereocenters. The highest BCUT2D eigenvalue weighted by molar-refractivity contribution is 7.90. The number of rotatable bonds is 3. The molecular weight excluding hydrogens is 238 g/mol. The van der Waals surface area contributed by atoms with Gasteiger partial charge in [0, 0.05) is 11.6 Å². The Morgan fingerprint density at radius 1 is 1.35 bits per heavy atom. The number of aryl methyl sites for hydroxylation is 1. The second-order valence-electron chi connectivity index (χ2n) is 4.39. The molecule has 0 fully saturated rings. The van der Waals surface area contributed by atoms with Crippen molar-refractivity contribution < 1.29 is 12.8 Å². The van der Waals surface area contributed by atoms with Gasteiger partial charge >= 0.3 is 0 Å². The molecule has 2 rings (SSSR count). The number of fused-ring (bicyclic) bond motifs is 1. The summed E-state index contributed by atoms with van der Waals surface area (Å²) in [6, 6.07) is 6.98. The van der Waals surface area contributed by atoms with E-state index in [2.05, 4.69) is 0 Å². The number of benzene rings is 1. The van der Waals surface area contributed by atoms with E-state index in [1.54, 1.807) is 6.07 Å². The van der Waals surface area contributed by atoms with Gasteiger partial charge in [0.25, 0.3) is 0 Å². The molecule has 1 aromatic carbocycles. The fraction of sp³-hybridized carbons (Fsp3) is 0.333. The zero-order chi connectivity index (χ0) is 12.6. The molecule has 0 radical (unpaired) electrons. The van der Waals surface area contributed by atoms with Crippen molar-refractivity contribution in [1.29, 1.82) is 0 Å². The topological polar surface area (TPSA) is 73.3 Å². The molecule has 17 heavy (non-hydrogen) atoms. The third-order valence-corrected chi connectivity index (χ3v) is 3.50. The van der Waals surface area contributed by atoms with E-state index in [0.717, 1.165) is 16.5 Å². The van der Waals surface area contributed by atoms with Gasteiger partial charge in [-0.2, -0.15) is 0 Å². The Morgan fingerprint density at radius 2 is 2.06 bits per heavy atom. The van der Waals surface area contributed by atoms with Gasteiger partial charge in [-0.25, -0.2) is 8.42 Å². The third-order valence-electron chi connectivity index (χ3n) is 2.54. The normalized spacial score (nSPS) is 14.1. The summed E-state index contributed by atoms with van der Waals surface area (Å²) in [4.78, 5) is 0. The van der Waals surface area contributed by atoms with Gasteiger partial charge in [-0.05, 0) is 25.1 Å². The summed E-state index contributed by atoms with van der Waals surface area (Å²) in [6.45, 7) is 1.99. The van der Waals surface area contributed by atoms with Gasteiger partial charge in [0.2, 0.25) is 0 Å². The van der Waals surface area contributed by atoms with Gasteiger partial charge < -0.3 is 10.2 Å². The van der Waals surface area contributed by atoms with Crippen LogP contribution in [0.5, 0.6) is 0 Å². The molecule has 2 N–H and O–H groups in total. The van der Waals surface area contributed by atoms with Crippen LogP contribution in [0.2, 0.25) is 0 Å². The molecule has 92 valence electrons. The Kier molecular flexibility index (Phi) is 2.97. The first kappa shape index (κ1) is 12.1. The highest BCUT2D eigenvalue weighted by Crippen LogP contribution is 2.24. The van der Waals surface area contributed by atoms with Crippen LogP contribution in [-0.2, 0) is 9.84 Å². The van der Waals surface area contributed by atoms with E-state index in [4.69, 9.17) is 10.2 Å². The highest BCUT2D eigenvalue weighted by Gasteiger charge is 2.17. The van der Waals surface area contributed by atoms with Gasteiger partial charge in [0.1, 0.15) is 21.2 Å². The number of sulfone groups is 1. The molecule has 0 bridgehead atoms. The van der Waals surface area contributed by atoms with Crippen molar-refractivity contribution in [3.8, 4) is 0 Å². The lowest BCUT2D eigenvalue weighted by molar-refractivity contribution is 0.508. The number of hydrogen-bond donors (Lipinski definition) is 1. The van der Waals surface area contributed by atoms with Crippen molar-refractivity contribution >= 4 is 20.8 Å². The molecule has 4 nitrogen and oxygen atoms in total.